The highest BCUT2D eigenvalue weighted by molar-refractivity contribution is 9.11. The molecule has 0 saturated heterocycles. The van der Waals surface area contributed by atoms with Gasteiger partial charge in [0.25, 0.3) is 5.91 Å². The summed E-state index contributed by atoms with van der Waals surface area (Å²) < 4.78 is 1.57. The van der Waals surface area contributed by atoms with E-state index in [9.17, 15) is 14.7 Å². The number of carbonyl (C=O) groups is 2. The number of fused-ring (bicyclic) bond motifs is 1. The summed E-state index contributed by atoms with van der Waals surface area (Å²) in [5.74, 6) is -0.735. The zero-order valence-electron chi connectivity index (χ0n) is 16.4. The third-order valence-corrected chi connectivity index (χ3v) is 7.55. The minimum absolute atomic E-state index is 0.263. The van der Waals surface area contributed by atoms with Gasteiger partial charge in [0.05, 0.1) is 27.3 Å². The zero-order valence-corrected chi connectivity index (χ0v) is 20.4. The Kier molecular flexibility index (Phi) is 5.74. The van der Waals surface area contributed by atoms with Gasteiger partial charge in [0, 0.05) is 10.0 Å². The van der Waals surface area contributed by atoms with Crippen molar-refractivity contribution in [2.75, 3.05) is 4.90 Å². The van der Waals surface area contributed by atoms with Crippen LogP contribution in [0.3, 0.4) is 0 Å². The summed E-state index contributed by atoms with van der Waals surface area (Å²) in [5.41, 5.74) is 2.37. The van der Waals surface area contributed by atoms with Crippen LogP contribution in [0.25, 0.3) is 0 Å². The molecule has 0 radical (unpaired) electrons. The largest absolute Gasteiger partial charge is 0.375 e. The van der Waals surface area contributed by atoms with Crippen molar-refractivity contribution in [3.8, 4) is 0 Å². The van der Waals surface area contributed by atoms with E-state index in [2.05, 4.69) is 31.9 Å². The molecule has 4 rings (SSSR count). The number of amides is 1. The number of aryl methyl sites for hydroxylation is 2. The highest BCUT2D eigenvalue weighted by atomic mass is 79.9. The van der Waals surface area contributed by atoms with Crippen LogP contribution in [0.4, 0.5) is 5.69 Å². The maximum Gasteiger partial charge on any atom is 0.264 e. The summed E-state index contributed by atoms with van der Waals surface area (Å²) in [7, 11) is 0. The number of rotatable bonds is 5. The van der Waals surface area contributed by atoms with Gasteiger partial charge in [-0.2, -0.15) is 0 Å². The number of Topliss-reactive ketones (excluding diaryl/α,β-unsaturated/α-hetero) is 1. The average Bonchev–Trinajstić information content (AvgIpc) is 3.21. The number of carbonyl (C=O) groups excluding carboxylic acids is 2. The molecule has 0 aliphatic carbocycles. The van der Waals surface area contributed by atoms with Crippen LogP contribution in [0.15, 0.2) is 56.8 Å². The molecule has 1 amide bonds. The molecule has 1 aliphatic rings. The Morgan fingerprint density at radius 2 is 1.87 bits per heavy atom. The fraction of sp³-hybridized carbons (Fsp3) is 0.217. The molecule has 0 unspecified atom stereocenters. The molecule has 0 saturated carbocycles. The van der Waals surface area contributed by atoms with Crippen molar-refractivity contribution in [1.29, 1.82) is 0 Å². The number of aliphatic hydroxyl groups is 1. The molecule has 0 bridgehead atoms. The van der Waals surface area contributed by atoms with Gasteiger partial charge in [-0.15, -0.1) is 11.3 Å². The van der Waals surface area contributed by atoms with E-state index in [1.807, 2.05) is 44.2 Å². The number of hydrogen-bond acceptors (Lipinski definition) is 4. The number of ketones is 1. The molecule has 2 aromatic carbocycles. The molecule has 30 heavy (non-hydrogen) atoms. The number of thiophene rings is 1. The molecule has 2 heterocycles. The van der Waals surface area contributed by atoms with Crippen molar-refractivity contribution >= 4 is 60.6 Å². The van der Waals surface area contributed by atoms with Crippen LogP contribution in [-0.4, -0.2) is 16.8 Å². The average molecular weight is 549 g/mol. The molecule has 154 valence electrons. The summed E-state index contributed by atoms with van der Waals surface area (Å²) in [5, 5.41) is 11.5. The molecule has 1 N–H and O–H groups in total. The van der Waals surface area contributed by atoms with Crippen molar-refractivity contribution in [3.05, 3.63) is 83.9 Å². The predicted octanol–water partition coefficient (Wildman–Crippen LogP) is 5.90. The van der Waals surface area contributed by atoms with Gasteiger partial charge in [-0.3, -0.25) is 9.59 Å². The van der Waals surface area contributed by atoms with Crippen molar-refractivity contribution in [2.24, 2.45) is 0 Å². The number of benzene rings is 2. The number of nitrogens with zero attached hydrogens (tertiary/aromatic N) is 1. The van der Waals surface area contributed by atoms with Gasteiger partial charge in [0.2, 0.25) is 0 Å². The van der Waals surface area contributed by atoms with Crippen LogP contribution < -0.4 is 4.90 Å². The lowest BCUT2D eigenvalue weighted by Crippen LogP contribution is -2.41. The van der Waals surface area contributed by atoms with Gasteiger partial charge < -0.3 is 10.0 Å². The van der Waals surface area contributed by atoms with Crippen LogP contribution in [0, 0.1) is 13.8 Å². The van der Waals surface area contributed by atoms with Gasteiger partial charge in [-0.25, -0.2) is 0 Å². The smallest absolute Gasteiger partial charge is 0.264 e. The summed E-state index contributed by atoms with van der Waals surface area (Å²) in [4.78, 5) is 28.4. The lowest BCUT2D eigenvalue weighted by molar-refractivity contribution is -0.136. The number of hydrogen-bond donors (Lipinski definition) is 1. The maximum atomic E-state index is 13.5. The Balaban J connectivity index is 1.74. The molecule has 4 nitrogen and oxygen atoms in total. The highest BCUT2D eigenvalue weighted by Gasteiger charge is 2.51. The van der Waals surface area contributed by atoms with E-state index in [1.165, 1.54) is 11.3 Å². The van der Waals surface area contributed by atoms with E-state index in [0.717, 1.165) is 24.9 Å². The molecule has 1 atom stereocenters. The van der Waals surface area contributed by atoms with E-state index < -0.39 is 11.5 Å². The second kappa shape index (κ2) is 8.04. The molecule has 1 aromatic heterocycles. The number of halogens is 2. The lowest BCUT2D eigenvalue weighted by Gasteiger charge is -2.23. The van der Waals surface area contributed by atoms with Gasteiger partial charge in [0.1, 0.15) is 0 Å². The topological polar surface area (TPSA) is 57.6 Å². The monoisotopic (exact) mass is 547 g/mol. The van der Waals surface area contributed by atoms with Crippen molar-refractivity contribution < 1.29 is 14.7 Å². The number of anilines is 1. The first kappa shape index (κ1) is 21.4. The fourth-order valence-electron chi connectivity index (χ4n) is 3.78. The van der Waals surface area contributed by atoms with Crippen molar-refractivity contribution in [3.63, 3.8) is 0 Å². The van der Waals surface area contributed by atoms with Gasteiger partial charge in [-0.1, -0.05) is 39.7 Å². The minimum Gasteiger partial charge on any atom is -0.375 e. The van der Waals surface area contributed by atoms with E-state index >= 15 is 0 Å². The summed E-state index contributed by atoms with van der Waals surface area (Å²) in [6.45, 7) is 4.35. The molecule has 0 fully saturated rings. The standard InChI is InChI=1S/C23H19Br2NO3S/c1-13-3-4-14(2)15(9-13)12-26-18-6-5-16(24)10-17(18)23(29,22(26)28)11-19(27)20-7-8-21(25)30-20/h3-10,29H,11-12H2,1-2H3/t23-/m0/s1. The molecular weight excluding hydrogens is 530 g/mol. The maximum absolute atomic E-state index is 13.5. The second-order valence-corrected chi connectivity index (χ2v) is 10.9. The molecule has 7 heteroatoms. The normalized spacial score (nSPS) is 18.0. The summed E-state index contributed by atoms with van der Waals surface area (Å²) >= 11 is 8.08. The first-order valence-corrected chi connectivity index (χ1v) is 11.8. The van der Waals surface area contributed by atoms with Gasteiger partial charge in [-0.05, 0) is 71.2 Å². The fourth-order valence-corrected chi connectivity index (χ4v) is 5.46. The van der Waals surface area contributed by atoms with Crippen LogP contribution in [-0.2, 0) is 16.9 Å². The quantitative estimate of drug-likeness (QED) is 0.404. The lowest BCUT2D eigenvalue weighted by atomic mass is 9.89. The summed E-state index contributed by atoms with van der Waals surface area (Å²) in [6, 6.07) is 15.0. The first-order chi connectivity index (χ1) is 14.2. The van der Waals surface area contributed by atoms with Crippen LogP contribution >= 0.6 is 43.2 Å². The minimum atomic E-state index is -1.90. The van der Waals surface area contributed by atoms with Crippen molar-refractivity contribution in [2.45, 2.75) is 32.4 Å². The Labute approximate surface area is 195 Å². The third-order valence-electron chi connectivity index (χ3n) is 5.39. The van der Waals surface area contributed by atoms with Crippen LogP contribution in [0.1, 0.15) is 38.3 Å². The molecule has 1 aliphatic heterocycles. The third kappa shape index (κ3) is 3.80. The zero-order chi connectivity index (χ0) is 21.6. The van der Waals surface area contributed by atoms with E-state index in [-0.39, 0.29) is 12.2 Å². The Morgan fingerprint density at radius 1 is 1.10 bits per heavy atom. The Bertz CT molecular complexity index is 1170. The van der Waals surface area contributed by atoms with E-state index in [4.69, 9.17) is 0 Å². The molecule has 0 spiro atoms. The Morgan fingerprint density at radius 3 is 2.57 bits per heavy atom. The molecule has 3 aromatic rings. The SMILES string of the molecule is Cc1ccc(C)c(CN2C(=O)[C@](O)(CC(=O)c3ccc(Br)s3)c3cc(Br)ccc32)c1. The van der Waals surface area contributed by atoms with Crippen LogP contribution in [0.2, 0.25) is 0 Å². The predicted molar refractivity (Wildman–Crippen MR) is 126 cm³/mol. The van der Waals surface area contributed by atoms with E-state index in [0.29, 0.717) is 22.7 Å². The molecular formula is C23H19Br2NO3S. The van der Waals surface area contributed by atoms with Crippen molar-refractivity contribution in [1.82, 2.24) is 0 Å². The first-order valence-electron chi connectivity index (χ1n) is 9.38. The second-order valence-electron chi connectivity index (χ2n) is 7.55. The summed E-state index contributed by atoms with van der Waals surface area (Å²) in [6.07, 6.45) is -0.300. The highest BCUT2D eigenvalue weighted by Crippen LogP contribution is 2.45. The Hall–Kier alpha value is -1.80. The van der Waals surface area contributed by atoms with Gasteiger partial charge >= 0.3 is 0 Å². The van der Waals surface area contributed by atoms with Crippen LogP contribution in [0.5, 0.6) is 0 Å². The van der Waals surface area contributed by atoms with Gasteiger partial charge in [0.15, 0.2) is 11.4 Å². The van der Waals surface area contributed by atoms with E-state index in [1.54, 1.807) is 23.1 Å².